The lowest BCUT2D eigenvalue weighted by Gasteiger charge is -2.33. The summed E-state index contributed by atoms with van der Waals surface area (Å²) < 4.78 is 0. The molecule has 9 aromatic carbocycles. The molecule has 9 aromatic rings. The van der Waals surface area contributed by atoms with Crippen molar-refractivity contribution in [3.63, 3.8) is 0 Å². The summed E-state index contributed by atoms with van der Waals surface area (Å²) in [6.07, 6.45) is 0. The van der Waals surface area contributed by atoms with Crippen molar-refractivity contribution in [3.8, 4) is 55.6 Å². The van der Waals surface area contributed by atoms with Crippen LogP contribution < -0.4 is 4.90 Å². The second-order valence-electron chi connectivity index (χ2n) is 14.2. The molecule has 0 radical (unpaired) electrons. The van der Waals surface area contributed by atoms with Crippen molar-refractivity contribution in [2.45, 2.75) is 13.8 Å². The fraction of sp³-hybridized carbons (Fsp3) is 0.0385. The molecule has 250 valence electrons. The van der Waals surface area contributed by atoms with Crippen LogP contribution in [0.3, 0.4) is 0 Å². The molecule has 0 aliphatic heterocycles. The molecule has 0 saturated heterocycles. The highest BCUT2D eigenvalue weighted by Crippen LogP contribution is 2.60. The van der Waals surface area contributed by atoms with Crippen LogP contribution in [0.15, 0.2) is 188 Å². The maximum atomic E-state index is 2.44. The zero-order valence-corrected chi connectivity index (χ0v) is 29.8. The summed E-state index contributed by atoms with van der Waals surface area (Å²) in [5.74, 6) is 0. The van der Waals surface area contributed by atoms with Crippen molar-refractivity contribution in [3.05, 3.63) is 199 Å². The Morgan fingerprint density at radius 3 is 1.32 bits per heavy atom. The Morgan fingerprint density at radius 2 is 0.774 bits per heavy atom. The van der Waals surface area contributed by atoms with Gasteiger partial charge in [0, 0.05) is 11.4 Å². The molecule has 0 aromatic heterocycles. The van der Waals surface area contributed by atoms with Gasteiger partial charge in [-0.15, -0.1) is 0 Å². The second-order valence-corrected chi connectivity index (χ2v) is 14.2. The lowest BCUT2D eigenvalue weighted by molar-refractivity contribution is 1.22. The molecule has 0 N–H and O–H groups in total. The molecular weight excluding hydrogens is 639 g/mol. The van der Waals surface area contributed by atoms with Crippen LogP contribution in [-0.4, -0.2) is 0 Å². The van der Waals surface area contributed by atoms with Gasteiger partial charge in [-0.05, 0) is 139 Å². The van der Waals surface area contributed by atoms with Crippen LogP contribution in [0.25, 0.3) is 77.2 Å². The topological polar surface area (TPSA) is 3.24 Å². The van der Waals surface area contributed by atoms with Gasteiger partial charge in [0.15, 0.2) is 0 Å². The van der Waals surface area contributed by atoms with Gasteiger partial charge in [0.2, 0.25) is 0 Å². The Labute approximate surface area is 311 Å². The molecule has 0 saturated carbocycles. The summed E-state index contributed by atoms with van der Waals surface area (Å²) in [6.45, 7) is 4.43. The molecule has 1 aliphatic carbocycles. The van der Waals surface area contributed by atoms with E-state index < -0.39 is 0 Å². The number of rotatable bonds is 6. The summed E-state index contributed by atoms with van der Waals surface area (Å²) in [7, 11) is 0. The van der Waals surface area contributed by atoms with E-state index in [0.29, 0.717) is 0 Å². The number of nitrogens with zero attached hydrogens (tertiary/aromatic N) is 1. The fourth-order valence-electron chi connectivity index (χ4n) is 8.56. The Morgan fingerprint density at radius 1 is 0.321 bits per heavy atom. The van der Waals surface area contributed by atoms with E-state index in [4.69, 9.17) is 0 Å². The molecule has 0 heterocycles. The number of para-hydroxylation sites is 1. The van der Waals surface area contributed by atoms with E-state index >= 15 is 0 Å². The average molecular weight is 676 g/mol. The zero-order valence-electron chi connectivity index (χ0n) is 29.8. The molecular formula is C52H37N. The molecule has 1 nitrogen and oxygen atoms in total. The first-order valence-electron chi connectivity index (χ1n) is 18.4. The van der Waals surface area contributed by atoms with Crippen LogP contribution in [-0.2, 0) is 0 Å². The van der Waals surface area contributed by atoms with Crippen LogP contribution in [0.2, 0.25) is 0 Å². The van der Waals surface area contributed by atoms with Crippen LogP contribution in [0.4, 0.5) is 17.1 Å². The molecule has 0 amide bonds. The third kappa shape index (κ3) is 5.08. The Hall–Kier alpha value is -6.70. The maximum Gasteiger partial charge on any atom is 0.0519 e. The largest absolute Gasteiger partial charge is 0.310 e. The number of fused-ring (bicyclic) bond motifs is 6. The zero-order chi connectivity index (χ0) is 35.5. The molecule has 0 unspecified atom stereocenters. The molecule has 10 rings (SSSR count). The number of aryl methyl sites for hydroxylation is 2. The SMILES string of the molecule is Cc1cccc(C)c1N(c1ccc(-c2ccccc2)cc1)c1ccc2cc3c(cc2c1)-c1c-3c(-c2ccccc2)c2ccccc2c1-c1ccccc1. The first-order valence-corrected chi connectivity index (χ1v) is 18.4. The fourth-order valence-corrected chi connectivity index (χ4v) is 8.56. The van der Waals surface area contributed by atoms with Crippen molar-refractivity contribution >= 4 is 38.6 Å². The van der Waals surface area contributed by atoms with Gasteiger partial charge in [0.25, 0.3) is 0 Å². The number of anilines is 3. The van der Waals surface area contributed by atoms with Crippen molar-refractivity contribution in [1.29, 1.82) is 0 Å². The van der Waals surface area contributed by atoms with Gasteiger partial charge in [-0.1, -0.05) is 152 Å². The third-order valence-electron chi connectivity index (χ3n) is 11.0. The molecule has 0 bridgehead atoms. The highest BCUT2D eigenvalue weighted by atomic mass is 15.1. The highest BCUT2D eigenvalue weighted by Gasteiger charge is 2.32. The van der Waals surface area contributed by atoms with E-state index in [-0.39, 0.29) is 0 Å². The number of benzene rings is 9. The number of hydrogen-bond acceptors (Lipinski definition) is 1. The second kappa shape index (κ2) is 12.5. The van der Waals surface area contributed by atoms with Gasteiger partial charge in [0.05, 0.1) is 5.69 Å². The lowest BCUT2D eigenvalue weighted by Crippen LogP contribution is -2.13. The molecule has 0 spiro atoms. The normalized spacial score (nSPS) is 11.6. The summed E-state index contributed by atoms with van der Waals surface area (Å²) in [4.78, 5) is 2.43. The maximum absolute atomic E-state index is 2.44. The van der Waals surface area contributed by atoms with Crippen LogP contribution in [0.1, 0.15) is 11.1 Å². The summed E-state index contributed by atoms with van der Waals surface area (Å²) in [5, 5.41) is 5.06. The first-order chi connectivity index (χ1) is 26.1. The monoisotopic (exact) mass is 675 g/mol. The molecule has 0 atom stereocenters. The molecule has 0 fully saturated rings. The van der Waals surface area contributed by atoms with Gasteiger partial charge in [0.1, 0.15) is 0 Å². The van der Waals surface area contributed by atoms with E-state index in [1.807, 2.05) is 0 Å². The van der Waals surface area contributed by atoms with Crippen molar-refractivity contribution in [2.24, 2.45) is 0 Å². The summed E-state index contributed by atoms with van der Waals surface area (Å²) in [5.41, 5.74) is 18.9. The van der Waals surface area contributed by atoms with Crippen LogP contribution in [0.5, 0.6) is 0 Å². The predicted molar refractivity (Wildman–Crippen MR) is 226 cm³/mol. The van der Waals surface area contributed by atoms with E-state index in [1.165, 1.54) is 94.0 Å². The highest BCUT2D eigenvalue weighted by molar-refractivity contribution is 6.26. The van der Waals surface area contributed by atoms with E-state index in [9.17, 15) is 0 Å². The standard InChI is InChI=1S/C52H37N/c1-34-15-14-16-35(2)52(34)53(42-28-25-37(26-29-42)36-17-6-3-7-18-36)43-30-27-40-32-46-47(33-41(40)31-43)51-49(39-21-10-5-11-22-39)45-24-13-12-23-44(45)48(50(46)51)38-19-8-4-9-20-38/h3-33H,1-2H3. The average Bonchev–Trinajstić information content (AvgIpc) is 3.21. The summed E-state index contributed by atoms with van der Waals surface area (Å²) in [6, 6.07) is 68.8. The van der Waals surface area contributed by atoms with E-state index in [1.54, 1.807) is 0 Å². The summed E-state index contributed by atoms with van der Waals surface area (Å²) >= 11 is 0. The Balaban J connectivity index is 1.18. The Bertz CT molecular complexity index is 2800. The molecule has 53 heavy (non-hydrogen) atoms. The predicted octanol–water partition coefficient (Wildman–Crippen LogP) is 14.7. The van der Waals surface area contributed by atoms with E-state index in [0.717, 1.165) is 11.4 Å². The van der Waals surface area contributed by atoms with E-state index in [2.05, 4.69) is 207 Å². The van der Waals surface area contributed by atoms with Gasteiger partial charge in [-0.2, -0.15) is 0 Å². The first kappa shape index (κ1) is 31.1. The van der Waals surface area contributed by atoms with Gasteiger partial charge >= 0.3 is 0 Å². The minimum Gasteiger partial charge on any atom is -0.310 e. The minimum absolute atomic E-state index is 1.14. The minimum atomic E-state index is 1.14. The van der Waals surface area contributed by atoms with Gasteiger partial charge < -0.3 is 4.90 Å². The van der Waals surface area contributed by atoms with Gasteiger partial charge in [-0.25, -0.2) is 0 Å². The third-order valence-corrected chi connectivity index (χ3v) is 11.0. The van der Waals surface area contributed by atoms with Crippen molar-refractivity contribution < 1.29 is 0 Å². The van der Waals surface area contributed by atoms with Crippen molar-refractivity contribution in [2.75, 3.05) is 4.90 Å². The van der Waals surface area contributed by atoms with Crippen LogP contribution >= 0.6 is 0 Å². The Kier molecular flexibility index (Phi) is 7.33. The van der Waals surface area contributed by atoms with Gasteiger partial charge in [-0.3, -0.25) is 0 Å². The number of hydrogen-bond donors (Lipinski definition) is 0. The lowest BCUT2D eigenvalue weighted by atomic mass is 9.70. The van der Waals surface area contributed by atoms with Crippen LogP contribution in [0, 0.1) is 13.8 Å². The van der Waals surface area contributed by atoms with Crippen molar-refractivity contribution in [1.82, 2.24) is 0 Å². The molecule has 1 heteroatoms. The quantitative estimate of drug-likeness (QED) is 0.170. The smallest absolute Gasteiger partial charge is 0.0519 e. The molecule has 1 aliphatic rings.